The molecular formula is C30H32N2O6. The summed E-state index contributed by atoms with van der Waals surface area (Å²) < 4.78 is 15.9. The standard InChI is InChI=1S/C23H24N2O5.C7H8O/c1-13-8-16(30-25-13)12-29-23(27)18-11-19-20(24-14(18)2)9-15(10-21(19)26)17-6-4-5-7-22(17)28-3;1-6-3-2-4-7(8)5-6/h4-8,15,24H,9-12H2,1-3H3;2-5,8H,1H3/t15-;/m1./s1. The van der Waals surface area contributed by atoms with E-state index in [9.17, 15) is 9.59 Å². The number of allylic oxidation sites excluding steroid dienone is 3. The minimum atomic E-state index is -0.458. The zero-order valence-electron chi connectivity index (χ0n) is 22.0. The summed E-state index contributed by atoms with van der Waals surface area (Å²) in [5, 5.41) is 15.9. The summed E-state index contributed by atoms with van der Waals surface area (Å²) >= 11 is 0. The number of aromatic hydroxyl groups is 1. The molecule has 0 unspecified atom stereocenters. The number of ether oxygens (including phenoxy) is 2. The van der Waals surface area contributed by atoms with Gasteiger partial charge in [0.15, 0.2) is 18.2 Å². The highest BCUT2D eigenvalue weighted by atomic mass is 16.5. The van der Waals surface area contributed by atoms with Crippen LogP contribution in [0.3, 0.4) is 0 Å². The number of hydrogen-bond acceptors (Lipinski definition) is 8. The normalized spacial score (nSPS) is 16.7. The molecule has 38 heavy (non-hydrogen) atoms. The van der Waals surface area contributed by atoms with E-state index in [4.69, 9.17) is 19.1 Å². The molecular weight excluding hydrogens is 484 g/mol. The van der Waals surface area contributed by atoms with Crippen LogP contribution in [0.2, 0.25) is 0 Å². The first-order valence-corrected chi connectivity index (χ1v) is 12.4. The van der Waals surface area contributed by atoms with Crippen LogP contribution in [0.5, 0.6) is 11.5 Å². The number of phenolic OH excluding ortho intramolecular Hbond substituents is 1. The van der Waals surface area contributed by atoms with Crippen molar-refractivity contribution in [3.8, 4) is 11.5 Å². The molecule has 0 spiro atoms. The summed E-state index contributed by atoms with van der Waals surface area (Å²) in [7, 11) is 1.64. The van der Waals surface area contributed by atoms with E-state index in [1.165, 1.54) is 0 Å². The third kappa shape index (κ3) is 6.32. The van der Waals surface area contributed by atoms with Gasteiger partial charge in [-0.2, -0.15) is 0 Å². The van der Waals surface area contributed by atoms with Gasteiger partial charge in [0, 0.05) is 41.8 Å². The van der Waals surface area contributed by atoms with Gasteiger partial charge in [0.25, 0.3) is 0 Å². The lowest BCUT2D eigenvalue weighted by Gasteiger charge is -2.32. The van der Waals surface area contributed by atoms with Crippen molar-refractivity contribution in [2.75, 3.05) is 7.11 Å². The Kier molecular flexibility index (Phi) is 8.31. The van der Waals surface area contributed by atoms with Crippen LogP contribution in [0.4, 0.5) is 0 Å². The fourth-order valence-electron chi connectivity index (χ4n) is 4.68. The molecule has 2 aromatic carbocycles. The molecule has 3 aromatic rings. The number of phenols is 1. The van der Waals surface area contributed by atoms with E-state index in [0.717, 1.165) is 28.3 Å². The number of nitrogens with zero attached hydrogens (tertiary/aromatic N) is 1. The average molecular weight is 517 g/mol. The highest BCUT2D eigenvalue weighted by Crippen LogP contribution is 2.41. The fourth-order valence-corrected chi connectivity index (χ4v) is 4.68. The van der Waals surface area contributed by atoms with Crippen LogP contribution < -0.4 is 10.1 Å². The Bertz CT molecular complexity index is 1380. The summed E-state index contributed by atoms with van der Waals surface area (Å²) in [5.74, 6) is 1.23. The van der Waals surface area contributed by atoms with Gasteiger partial charge in [0.1, 0.15) is 11.5 Å². The molecule has 2 heterocycles. The number of benzene rings is 2. The monoisotopic (exact) mass is 516 g/mol. The third-order valence-electron chi connectivity index (χ3n) is 6.58. The second kappa shape index (κ2) is 11.8. The number of aromatic nitrogens is 1. The number of rotatable bonds is 5. The molecule has 1 aliphatic carbocycles. The maximum absolute atomic E-state index is 12.9. The summed E-state index contributed by atoms with van der Waals surface area (Å²) in [6.07, 6.45) is 1.36. The van der Waals surface area contributed by atoms with Crippen molar-refractivity contribution < 1.29 is 28.7 Å². The van der Waals surface area contributed by atoms with E-state index >= 15 is 0 Å². The third-order valence-corrected chi connectivity index (χ3v) is 6.58. The van der Waals surface area contributed by atoms with Crippen molar-refractivity contribution in [3.05, 3.63) is 99.7 Å². The van der Waals surface area contributed by atoms with E-state index in [1.807, 2.05) is 50.2 Å². The van der Waals surface area contributed by atoms with Crippen LogP contribution in [-0.4, -0.2) is 29.1 Å². The first-order valence-electron chi connectivity index (χ1n) is 12.4. The average Bonchev–Trinajstić information content (AvgIpc) is 3.32. The molecule has 8 heteroatoms. The quantitative estimate of drug-likeness (QED) is 0.434. The van der Waals surface area contributed by atoms with E-state index in [2.05, 4.69) is 10.5 Å². The fraction of sp³-hybridized carbons (Fsp3) is 0.300. The number of carbonyl (C=O) groups excluding carboxylic acids is 2. The smallest absolute Gasteiger partial charge is 0.336 e. The van der Waals surface area contributed by atoms with Crippen molar-refractivity contribution >= 4 is 11.8 Å². The number of methoxy groups -OCH3 is 1. The molecule has 2 aliphatic rings. The lowest BCUT2D eigenvalue weighted by Crippen LogP contribution is -2.31. The van der Waals surface area contributed by atoms with Gasteiger partial charge in [-0.25, -0.2) is 4.79 Å². The lowest BCUT2D eigenvalue weighted by molar-refractivity contribution is -0.141. The Morgan fingerprint density at radius 1 is 1.11 bits per heavy atom. The highest BCUT2D eigenvalue weighted by Gasteiger charge is 2.34. The summed E-state index contributed by atoms with van der Waals surface area (Å²) in [5.41, 5.74) is 5.55. The number of ketones is 1. The molecule has 1 atom stereocenters. The molecule has 8 nitrogen and oxygen atoms in total. The molecule has 0 radical (unpaired) electrons. The Labute approximate surface area is 221 Å². The SMILES string of the molecule is COc1ccccc1[C@H]1CC(=O)C2=C(C1)NC(C)=C(C(=O)OCc1cc(C)no1)C2.Cc1cccc(O)c1. The number of carbonyl (C=O) groups is 2. The molecule has 1 aromatic heterocycles. The molecule has 1 aliphatic heterocycles. The van der Waals surface area contributed by atoms with Crippen molar-refractivity contribution in [1.29, 1.82) is 0 Å². The molecule has 0 bridgehead atoms. The maximum atomic E-state index is 12.9. The number of Topliss-reactive ketones (excluding diaryl/α,β-unsaturated/α-hetero) is 1. The van der Waals surface area contributed by atoms with E-state index in [-0.39, 0.29) is 24.7 Å². The van der Waals surface area contributed by atoms with Gasteiger partial charge in [0.05, 0.1) is 18.4 Å². The Balaban J connectivity index is 0.000000360. The Morgan fingerprint density at radius 2 is 1.89 bits per heavy atom. The number of esters is 1. The molecule has 0 saturated carbocycles. The van der Waals surface area contributed by atoms with Crippen molar-refractivity contribution in [2.45, 2.75) is 52.6 Å². The number of hydrogen-bond donors (Lipinski definition) is 2. The molecule has 5 rings (SSSR count). The Morgan fingerprint density at radius 3 is 2.55 bits per heavy atom. The van der Waals surface area contributed by atoms with E-state index < -0.39 is 5.97 Å². The second-order valence-corrected chi connectivity index (χ2v) is 9.48. The minimum absolute atomic E-state index is 0.00613. The molecule has 198 valence electrons. The lowest BCUT2D eigenvalue weighted by atomic mass is 9.78. The molecule has 0 fully saturated rings. The van der Waals surface area contributed by atoms with Gasteiger partial charge in [-0.1, -0.05) is 35.5 Å². The largest absolute Gasteiger partial charge is 0.508 e. The second-order valence-electron chi connectivity index (χ2n) is 9.48. The topological polar surface area (TPSA) is 111 Å². The predicted octanol–water partition coefficient (Wildman–Crippen LogP) is 5.40. The maximum Gasteiger partial charge on any atom is 0.336 e. The van der Waals surface area contributed by atoms with Crippen LogP contribution >= 0.6 is 0 Å². The Hall–Kier alpha value is -4.33. The number of dihydropyridines is 1. The van der Waals surface area contributed by atoms with E-state index in [0.29, 0.717) is 41.2 Å². The zero-order valence-corrected chi connectivity index (χ0v) is 22.0. The van der Waals surface area contributed by atoms with Gasteiger partial charge < -0.3 is 24.4 Å². The molecule has 0 amide bonds. The summed E-state index contributed by atoms with van der Waals surface area (Å²) in [6, 6.07) is 16.7. The number of aryl methyl sites for hydroxylation is 2. The van der Waals surface area contributed by atoms with Gasteiger partial charge in [0.2, 0.25) is 0 Å². The van der Waals surface area contributed by atoms with Crippen molar-refractivity contribution in [3.63, 3.8) is 0 Å². The number of nitrogens with one attached hydrogen (secondary N) is 1. The van der Waals surface area contributed by atoms with Crippen LogP contribution in [-0.2, 0) is 20.9 Å². The van der Waals surface area contributed by atoms with Crippen LogP contribution in [0.25, 0.3) is 0 Å². The van der Waals surface area contributed by atoms with Gasteiger partial charge in [-0.05, 0) is 56.5 Å². The van der Waals surface area contributed by atoms with E-state index in [1.54, 1.807) is 32.2 Å². The van der Waals surface area contributed by atoms with Gasteiger partial charge in [-0.3, -0.25) is 4.79 Å². The predicted molar refractivity (Wildman–Crippen MR) is 141 cm³/mol. The summed E-state index contributed by atoms with van der Waals surface area (Å²) in [6.45, 7) is 5.58. The first-order chi connectivity index (χ1) is 18.2. The minimum Gasteiger partial charge on any atom is -0.508 e. The van der Waals surface area contributed by atoms with Crippen molar-refractivity contribution in [2.24, 2.45) is 0 Å². The first kappa shape index (κ1) is 26.7. The highest BCUT2D eigenvalue weighted by molar-refractivity contribution is 6.01. The van der Waals surface area contributed by atoms with Crippen LogP contribution in [0, 0.1) is 13.8 Å². The van der Waals surface area contributed by atoms with Gasteiger partial charge >= 0.3 is 5.97 Å². The number of para-hydroxylation sites is 1. The molecule has 0 saturated heterocycles. The van der Waals surface area contributed by atoms with Crippen molar-refractivity contribution in [1.82, 2.24) is 10.5 Å². The molecule has 2 N–H and O–H groups in total. The van der Waals surface area contributed by atoms with Gasteiger partial charge in [-0.15, -0.1) is 0 Å². The summed E-state index contributed by atoms with van der Waals surface area (Å²) in [4.78, 5) is 25.5. The van der Waals surface area contributed by atoms with Crippen LogP contribution in [0.1, 0.15) is 54.7 Å². The zero-order chi connectivity index (χ0) is 27.2. The van der Waals surface area contributed by atoms with Crippen LogP contribution in [0.15, 0.2) is 81.7 Å².